The van der Waals surface area contributed by atoms with Crippen LogP contribution in [0.1, 0.15) is 0 Å². The number of benzene rings is 9. The first-order valence-electron chi connectivity index (χ1n) is 18.4. The number of rotatable bonds is 7. The third kappa shape index (κ3) is 5.84. The molecule has 0 fully saturated rings. The molecule has 9 aromatic carbocycles. The summed E-state index contributed by atoms with van der Waals surface area (Å²) < 4.78 is 2.66. The highest BCUT2D eigenvalue weighted by atomic mass is 32.1. The minimum Gasteiger partial charge on any atom is -0.310 e. The third-order valence-corrected chi connectivity index (χ3v) is 11.7. The minimum absolute atomic E-state index is 1.10. The molecule has 1 heterocycles. The molecule has 0 saturated carbocycles. The van der Waals surface area contributed by atoms with Crippen LogP contribution in [0.15, 0.2) is 212 Å². The number of thiophene rings is 1. The molecule has 0 amide bonds. The van der Waals surface area contributed by atoms with Crippen molar-refractivity contribution in [3.05, 3.63) is 212 Å². The smallest absolute Gasteiger partial charge is 0.0467 e. The lowest BCUT2D eigenvalue weighted by Gasteiger charge is -2.27. The SMILES string of the molecule is c1ccc(-c2ccc(N(c3cccc(-c4cccc(-c5cccc6c5sc5ccccc56)c4)c3)c3cccc(-c4cccc5ccccc45)c3)cc2)cc1. The highest BCUT2D eigenvalue weighted by Gasteiger charge is 2.16. The Hall–Kier alpha value is -6.74. The van der Waals surface area contributed by atoms with Crippen LogP contribution in [0, 0.1) is 0 Å². The van der Waals surface area contributed by atoms with Gasteiger partial charge in [-0.05, 0) is 104 Å². The number of anilines is 3. The molecule has 0 bridgehead atoms. The lowest BCUT2D eigenvalue weighted by Crippen LogP contribution is -2.10. The fourth-order valence-electron chi connectivity index (χ4n) is 7.84. The Kier molecular flexibility index (Phi) is 8.09. The summed E-state index contributed by atoms with van der Waals surface area (Å²) in [5, 5.41) is 5.14. The van der Waals surface area contributed by atoms with Crippen LogP contribution in [-0.2, 0) is 0 Å². The Bertz CT molecular complexity index is 2930. The van der Waals surface area contributed by atoms with Gasteiger partial charge in [-0.3, -0.25) is 0 Å². The van der Waals surface area contributed by atoms with E-state index in [0.29, 0.717) is 0 Å². The topological polar surface area (TPSA) is 3.24 Å². The van der Waals surface area contributed by atoms with Gasteiger partial charge in [-0.15, -0.1) is 11.3 Å². The fraction of sp³-hybridized carbons (Fsp3) is 0. The van der Waals surface area contributed by atoms with E-state index in [1.807, 2.05) is 11.3 Å². The van der Waals surface area contributed by atoms with Crippen molar-refractivity contribution in [2.75, 3.05) is 4.90 Å². The highest BCUT2D eigenvalue weighted by molar-refractivity contribution is 7.26. The summed E-state index contributed by atoms with van der Waals surface area (Å²) in [7, 11) is 0. The number of hydrogen-bond acceptors (Lipinski definition) is 2. The molecular formula is C52H35NS. The molecule has 0 saturated heterocycles. The predicted molar refractivity (Wildman–Crippen MR) is 233 cm³/mol. The van der Waals surface area contributed by atoms with Crippen LogP contribution in [0.4, 0.5) is 17.1 Å². The molecular weight excluding hydrogens is 671 g/mol. The van der Waals surface area contributed by atoms with Gasteiger partial charge in [0.15, 0.2) is 0 Å². The van der Waals surface area contributed by atoms with E-state index in [1.165, 1.54) is 75.5 Å². The molecule has 0 radical (unpaired) electrons. The van der Waals surface area contributed by atoms with E-state index in [1.54, 1.807) is 0 Å². The van der Waals surface area contributed by atoms with Gasteiger partial charge in [0.2, 0.25) is 0 Å². The molecule has 0 atom stereocenters. The fourth-order valence-corrected chi connectivity index (χ4v) is 9.07. The van der Waals surface area contributed by atoms with Gasteiger partial charge in [0.1, 0.15) is 0 Å². The molecule has 0 aliphatic rings. The Balaban J connectivity index is 1.08. The van der Waals surface area contributed by atoms with E-state index in [4.69, 9.17) is 0 Å². The third-order valence-electron chi connectivity index (χ3n) is 10.5. The van der Waals surface area contributed by atoms with E-state index in [0.717, 1.165) is 17.1 Å². The zero-order valence-corrected chi connectivity index (χ0v) is 30.4. The molecule has 0 unspecified atom stereocenters. The van der Waals surface area contributed by atoms with Crippen LogP contribution in [-0.4, -0.2) is 0 Å². The quantitative estimate of drug-likeness (QED) is 0.160. The van der Waals surface area contributed by atoms with Crippen molar-refractivity contribution in [2.45, 2.75) is 0 Å². The summed E-state index contributed by atoms with van der Waals surface area (Å²) in [6.07, 6.45) is 0. The minimum atomic E-state index is 1.10. The molecule has 0 spiro atoms. The molecule has 0 aliphatic heterocycles. The van der Waals surface area contributed by atoms with Gasteiger partial charge in [-0.25, -0.2) is 0 Å². The maximum atomic E-state index is 2.38. The van der Waals surface area contributed by atoms with Gasteiger partial charge >= 0.3 is 0 Å². The summed E-state index contributed by atoms with van der Waals surface area (Å²) in [6, 6.07) is 77.1. The van der Waals surface area contributed by atoms with Gasteiger partial charge in [0, 0.05) is 37.2 Å². The van der Waals surface area contributed by atoms with Crippen molar-refractivity contribution in [1.82, 2.24) is 0 Å². The lowest BCUT2D eigenvalue weighted by atomic mass is 9.97. The second kappa shape index (κ2) is 13.7. The first kappa shape index (κ1) is 32.0. The van der Waals surface area contributed by atoms with E-state index in [9.17, 15) is 0 Å². The lowest BCUT2D eigenvalue weighted by molar-refractivity contribution is 1.28. The highest BCUT2D eigenvalue weighted by Crippen LogP contribution is 2.42. The molecule has 0 aliphatic carbocycles. The predicted octanol–water partition coefficient (Wildman–Crippen LogP) is 15.3. The molecule has 10 aromatic rings. The van der Waals surface area contributed by atoms with Crippen LogP contribution in [0.2, 0.25) is 0 Å². The van der Waals surface area contributed by atoms with E-state index in [-0.39, 0.29) is 0 Å². The first-order chi connectivity index (χ1) is 26.8. The van der Waals surface area contributed by atoms with Crippen LogP contribution < -0.4 is 4.90 Å². The van der Waals surface area contributed by atoms with E-state index >= 15 is 0 Å². The van der Waals surface area contributed by atoms with Crippen LogP contribution >= 0.6 is 11.3 Å². The zero-order valence-electron chi connectivity index (χ0n) is 29.6. The summed E-state index contributed by atoms with van der Waals surface area (Å²) in [4.78, 5) is 2.38. The summed E-state index contributed by atoms with van der Waals surface area (Å²) in [5.41, 5.74) is 13.0. The molecule has 10 rings (SSSR count). The van der Waals surface area contributed by atoms with Crippen molar-refractivity contribution < 1.29 is 0 Å². The molecule has 2 heteroatoms. The molecule has 1 nitrogen and oxygen atoms in total. The Morgan fingerprint density at radius 1 is 0.296 bits per heavy atom. The second-order valence-corrected chi connectivity index (χ2v) is 14.8. The number of nitrogens with zero attached hydrogens (tertiary/aromatic N) is 1. The van der Waals surface area contributed by atoms with Crippen molar-refractivity contribution in [1.29, 1.82) is 0 Å². The maximum Gasteiger partial charge on any atom is 0.0467 e. The van der Waals surface area contributed by atoms with Gasteiger partial charge in [0.05, 0.1) is 0 Å². The van der Waals surface area contributed by atoms with Crippen LogP contribution in [0.5, 0.6) is 0 Å². The number of hydrogen-bond donors (Lipinski definition) is 0. The molecule has 1 aromatic heterocycles. The molecule has 54 heavy (non-hydrogen) atoms. The van der Waals surface area contributed by atoms with Crippen molar-refractivity contribution in [2.24, 2.45) is 0 Å². The average Bonchev–Trinajstić information content (AvgIpc) is 3.64. The summed E-state index contributed by atoms with van der Waals surface area (Å²) in [6.45, 7) is 0. The van der Waals surface area contributed by atoms with Gasteiger partial charge in [0.25, 0.3) is 0 Å². The first-order valence-corrected chi connectivity index (χ1v) is 19.2. The summed E-state index contributed by atoms with van der Waals surface area (Å²) in [5.74, 6) is 0. The monoisotopic (exact) mass is 705 g/mol. The summed E-state index contributed by atoms with van der Waals surface area (Å²) >= 11 is 1.88. The van der Waals surface area contributed by atoms with Gasteiger partial charge in [-0.2, -0.15) is 0 Å². The van der Waals surface area contributed by atoms with Crippen molar-refractivity contribution in [3.63, 3.8) is 0 Å². The Labute approximate surface area is 319 Å². The Morgan fingerprint density at radius 3 is 1.63 bits per heavy atom. The zero-order chi connectivity index (χ0) is 35.8. The van der Waals surface area contributed by atoms with Gasteiger partial charge in [-0.1, -0.05) is 164 Å². The second-order valence-electron chi connectivity index (χ2n) is 13.7. The van der Waals surface area contributed by atoms with Crippen LogP contribution in [0.25, 0.3) is 75.5 Å². The Morgan fingerprint density at radius 2 is 0.815 bits per heavy atom. The normalized spacial score (nSPS) is 11.3. The maximum absolute atomic E-state index is 2.38. The van der Waals surface area contributed by atoms with Gasteiger partial charge < -0.3 is 4.90 Å². The largest absolute Gasteiger partial charge is 0.310 e. The molecule has 0 N–H and O–H groups in total. The average molecular weight is 706 g/mol. The van der Waals surface area contributed by atoms with E-state index < -0.39 is 0 Å². The number of fused-ring (bicyclic) bond motifs is 4. The van der Waals surface area contributed by atoms with Crippen LogP contribution in [0.3, 0.4) is 0 Å². The van der Waals surface area contributed by atoms with Crippen molar-refractivity contribution >= 4 is 59.3 Å². The standard InChI is InChI=1S/C52H35NS/c1-2-13-36(14-3-1)37-29-31-43(32-30-37)53(45-22-10-20-42(35-45)47-25-11-16-38-15-4-5-23-46(38)47)44-21-9-18-40(34-44)39-17-8-19-41(33-39)48-26-12-27-50-49-24-6-7-28-51(49)54-52(48)50/h1-35H. The molecule has 254 valence electrons. The van der Waals surface area contributed by atoms with E-state index in [2.05, 4.69) is 217 Å². The van der Waals surface area contributed by atoms with Crippen molar-refractivity contribution in [3.8, 4) is 44.5 Å².